The average molecular weight is 201 g/mol. The number of aromatic carboxylic acids is 1. The van der Waals surface area contributed by atoms with Crippen LogP contribution in [0.3, 0.4) is 0 Å². The van der Waals surface area contributed by atoms with E-state index in [1.54, 1.807) is 6.07 Å². The standard InChI is InChI=1S/C9H7NO2.K.H/c11-9(12)7-5-10-8-4-2-1-3-6(7)8;;/h1-5,10H,(H,11,12);;. The average Bonchev–Trinajstić information content (AvgIpc) is 2.47. The normalized spacial score (nSPS) is 9.54. The number of rotatable bonds is 1. The van der Waals surface area contributed by atoms with Gasteiger partial charge >= 0.3 is 57.4 Å². The molecule has 0 atom stereocenters. The molecule has 2 N–H and O–H groups in total. The van der Waals surface area contributed by atoms with E-state index in [2.05, 4.69) is 4.98 Å². The van der Waals surface area contributed by atoms with Crippen LogP contribution in [0.2, 0.25) is 0 Å². The molecule has 1 aromatic heterocycles. The van der Waals surface area contributed by atoms with Crippen molar-refractivity contribution in [3.05, 3.63) is 36.0 Å². The predicted octanol–water partition coefficient (Wildman–Crippen LogP) is 1.22. The van der Waals surface area contributed by atoms with Gasteiger partial charge in [-0.3, -0.25) is 0 Å². The van der Waals surface area contributed by atoms with Gasteiger partial charge in [0, 0.05) is 17.1 Å². The maximum absolute atomic E-state index is 10.7. The van der Waals surface area contributed by atoms with Crippen LogP contribution >= 0.6 is 0 Å². The van der Waals surface area contributed by atoms with E-state index in [-0.39, 0.29) is 51.4 Å². The minimum atomic E-state index is -0.896. The quantitative estimate of drug-likeness (QED) is 0.681. The molecule has 4 heteroatoms. The van der Waals surface area contributed by atoms with Crippen LogP contribution in [0.15, 0.2) is 30.5 Å². The van der Waals surface area contributed by atoms with E-state index in [1.165, 1.54) is 6.20 Å². The molecule has 0 aliphatic carbocycles. The third kappa shape index (κ3) is 2.03. The molecular weight excluding hydrogens is 193 g/mol. The first-order valence-electron chi connectivity index (χ1n) is 3.58. The van der Waals surface area contributed by atoms with Gasteiger partial charge in [0.15, 0.2) is 0 Å². The van der Waals surface area contributed by atoms with Crippen molar-refractivity contribution in [2.75, 3.05) is 0 Å². The van der Waals surface area contributed by atoms with Gasteiger partial charge in [-0.2, -0.15) is 0 Å². The SMILES string of the molecule is O=C(O)c1c[nH]c2ccccc12.[KH]. The summed E-state index contributed by atoms with van der Waals surface area (Å²) in [6, 6.07) is 7.32. The van der Waals surface area contributed by atoms with Crippen LogP contribution in [-0.4, -0.2) is 67.4 Å². The van der Waals surface area contributed by atoms with Gasteiger partial charge in [-0.25, -0.2) is 4.79 Å². The van der Waals surface area contributed by atoms with E-state index in [0.717, 1.165) is 10.9 Å². The first-order valence-corrected chi connectivity index (χ1v) is 3.58. The van der Waals surface area contributed by atoms with Gasteiger partial charge in [-0.15, -0.1) is 0 Å². The van der Waals surface area contributed by atoms with Crippen LogP contribution in [0, 0.1) is 0 Å². The van der Waals surface area contributed by atoms with Crippen LogP contribution < -0.4 is 0 Å². The number of para-hydroxylation sites is 1. The Morgan fingerprint density at radius 3 is 2.69 bits per heavy atom. The Bertz CT molecular complexity index is 436. The van der Waals surface area contributed by atoms with Gasteiger partial charge in [0.2, 0.25) is 0 Å². The summed E-state index contributed by atoms with van der Waals surface area (Å²) in [5.74, 6) is -0.896. The van der Waals surface area contributed by atoms with Crippen molar-refractivity contribution in [3.8, 4) is 0 Å². The molecule has 2 rings (SSSR count). The van der Waals surface area contributed by atoms with Gasteiger partial charge in [-0.1, -0.05) is 18.2 Å². The Morgan fingerprint density at radius 1 is 1.31 bits per heavy atom. The van der Waals surface area contributed by atoms with Crippen molar-refractivity contribution in [2.24, 2.45) is 0 Å². The molecule has 0 unspecified atom stereocenters. The molecular formula is C9H8KNO2. The summed E-state index contributed by atoms with van der Waals surface area (Å²) in [5.41, 5.74) is 1.18. The van der Waals surface area contributed by atoms with Crippen LogP contribution in [0.25, 0.3) is 10.9 Å². The Balaban J connectivity index is 0.000000845. The number of H-pyrrole nitrogens is 1. The van der Waals surface area contributed by atoms with Crippen molar-refractivity contribution < 1.29 is 9.90 Å². The molecule has 0 bridgehead atoms. The summed E-state index contributed by atoms with van der Waals surface area (Å²) in [6.07, 6.45) is 1.51. The molecule has 1 heterocycles. The summed E-state index contributed by atoms with van der Waals surface area (Å²) in [5, 5.41) is 9.51. The summed E-state index contributed by atoms with van der Waals surface area (Å²) in [4.78, 5) is 13.5. The second kappa shape index (κ2) is 4.39. The van der Waals surface area contributed by atoms with E-state index in [9.17, 15) is 4.79 Å². The fraction of sp³-hybridized carbons (Fsp3) is 0. The fourth-order valence-corrected chi connectivity index (χ4v) is 1.25. The van der Waals surface area contributed by atoms with E-state index < -0.39 is 5.97 Å². The molecule has 0 saturated carbocycles. The Labute approximate surface area is 118 Å². The molecule has 1 aromatic carbocycles. The van der Waals surface area contributed by atoms with Crippen LogP contribution in [0.5, 0.6) is 0 Å². The van der Waals surface area contributed by atoms with Gasteiger partial charge < -0.3 is 10.1 Å². The van der Waals surface area contributed by atoms with Crippen LogP contribution in [-0.2, 0) is 0 Å². The Hall–Kier alpha value is -0.134. The Kier molecular flexibility index (Phi) is 3.70. The number of aromatic amines is 1. The topological polar surface area (TPSA) is 53.1 Å². The zero-order valence-corrected chi connectivity index (χ0v) is 6.24. The molecule has 0 aliphatic heterocycles. The van der Waals surface area contributed by atoms with Gasteiger partial charge in [0.05, 0.1) is 5.56 Å². The second-order valence-corrected chi connectivity index (χ2v) is 2.55. The fourth-order valence-electron chi connectivity index (χ4n) is 1.25. The number of hydrogen-bond donors (Lipinski definition) is 2. The zero-order valence-electron chi connectivity index (χ0n) is 6.24. The summed E-state index contributed by atoms with van der Waals surface area (Å²) >= 11 is 0. The van der Waals surface area contributed by atoms with Gasteiger partial charge in [0.25, 0.3) is 0 Å². The van der Waals surface area contributed by atoms with Gasteiger partial charge in [-0.05, 0) is 6.07 Å². The third-order valence-electron chi connectivity index (χ3n) is 1.82. The molecule has 3 nitrogen and oxygen atoms in total. The first-order chi connectivity index (χ1) is 5.79. The van der Waals surface area contributed by atoms with Crippen molar-refractivity contribution in [2.45, 2.75) is 0 Å². The molecule has 62 valence electrons. The third-order valence-corrected chi connectivity index (χ3v) is 1.82. The summed E-state index contributed by atoms with van der Waals surface area (Å²) in [6.45, 7) is 0. The van der Waals surface area contributed by atoms with Crippen molar-refractivity contribution in [1.82, 2.24) is 4.98 Å². The molecule has 0 amide bonds. The zero-order chi connectivity index (χ0) is 8.55. The van der Waals surface area contributed by atoms with E-state index in [0.29, 0.717) is 5.56 Å². The van der Waals surface area contributed by atoms with Crippen molar-refractivity contribution in [3.63, 3.8) is 0 Å². The number of fused-ring (bicyclic) bond motifs is 1. The van der Waals surface area contributed by atoms with Crippen LogP contribution in [0.1, 0.15) is 10.4 Å². The number of hydrogen-bond acceptors (Lipinski definition) is 1. The number of benzene rings is 1. The number of nitrogens with one attached hydrogen (secondary N) is 1. The number of carbonyl (C=O) groups is 1. The van der Waals surface area contributed by atoms with E-state index in [1.807, 2.05) is 18.2 Å². The number of carboxylic acids is 1. The maximum atomic E-state index is 10.7. The number of aromatic nitrogens is 1. The Morgan fingerprint density at radius 2 is 2.00 bits per heavy atom. The summed E-state index contributed by atoms with van der Waals surface area (Å²) in [7, 11) is 0. The van der Waals surface area contributed by atoms with Gasteiger partial charge in [0.1, 0.15) is 0 Å². The van der Waals surface area contributed by atoms with Crippen molar-refractivity contribution >= 4 is 68.3 Å². The molecule has 13 heavy (non-hydrogen) atoms. The van der Waals surface area contributed by atoms with Crippen molar-refractivity contribution in [1.29, 1.82) is 0 Å². The van der Waals surface area contributed by atoms with E-state index in [4.69, 9.17) is 5.11 Å². The first kappa shape index (κ1) is 10.9. The molecule has 0 saturated heterocycles. The predicted molar refractivity (Wildman–Crippen MR) is 52.4 cm³/mol. The number of carboxylic acid groups (broad SMARTS) is 1. The second-order valence-electron chi connectivity index (χ2n) is 2.55. The molecule has 0 spiro atoms. The van der Waals surface area contributed by atoms with Crippen LogP contribution in [0.4, 0.5) is 0 Å². The summed E-state index contributed by atoms with van der Waals surface area (Å²) < 4.78 is 0. The minimum absolute atomic E-state index is 0. The molecule has 0 aliphatic rings. The molecule has 2 aromatic rings. The van der Waals surface area contributed by atoms with E-state index >= 15 is 0 Å². The molecule has 0 fully saturated rings. The monoisotopic (exact) mass is 201 g/mol. The molecule has 0 radical (unpaired) electrons.